The summed E-state index contributed by atoms with van der Waals surface area (Å²) in [4.78, 5) is 0. The lowest BCUT2D eigenvalue weighted by Crippen LogP contribution is -2.25. The molecule has 1 rings (SSSR count). The average Bonchev–Trinajstić information content (AvgIpc) is 2.47. The van der Waals surface area contributed by atoms with E-state index in [4.69, 9.17) is 0 Å². The second-order valence-corrected chi connectivity index (χ2v) is 5.45. The molecule has 0 radical (unpaired) electrons. The first-order chi connectivity index (χ1) is 9.21. The quantitative estimate of drug-likeness (QED) is 0.704. The molecule has 1 aromatic carbocycles. The molecule has 0 aromatic heterocycles. The molecule has 19 heavy (non-hydrogen) atoms. The van der Waals surface area contributed by atoms with Crippen molar-refractivity contribution in [1.29, 1.82) is 0 Å². The van der Waals surface area contributed by atoms with Crippen molar-refractivity contribution in [3.05, 3.63) is 35.4 Å². The third-order valence-electron chi connectivity index (χ3n) is 3.89. The van der Waals surface area contributed by atoms with Crippen LogP contribution in [0, 0.1) is 5.92 Å². The van der Waals surface area contributed by atoms with Gasteiger partial charge in [-0.3, -0.25) is 0 Å². The van der Waals surface area contributed by atoms with Gasteiger partial charge >= 0.3 is 0 Å². The van der Waals surface area contributed by atoms with E-state index in [1.807, 2.05) is 12.1 Å². The summed E-state index contributed by atoms with van der Waals surface area (Å²) < 4.78 is 0. The van der Waals surface area contributed by atoms with Crippen molar-refractivity contribution < 1.29 is 5.11 Å². The highest BCUT2D eigenvalue weighted by molar-refractivity contribution is 5.25. The number of hydrogen-bond acceptors (Lipinski definition) is 2. The second-order valence-electron chi connectivity index (χ2n) is 5.45. The Hall–Kier alpha value is -0.860. The van der Waals surface area contributed by atoms with E-state index in [0.29, 0.717) is 6.04 Å². The molecule has 0 aliphatic heterocycles. The maximum absolute atomic E-state index is 9.18. The lowest BCUT2D eigenvalue weighted by atomic mass is 9.98. The van der Waals surface area contributed by atoms with Crippen LogP contribution in [0.4, 0.5) is 0 Å². The summed E-state index contributed by atoms with van der Waals surface area (Å²) in [5.74, 6) is 0.781. The lowest BCUT2D eigenvalue weighted by molar-refractivity contribution is 0.281. The van der Waals surface area contributed by atoms with Crippen LogP contribution in [-0.4, -0.2) is 11.7 Å². The maximum Gasteiger partial charge on any atom is 0.0681 e. The smallest absolute Gasteiger partial charge is 0.0681 e. The van der Waals surface area contributed by atoms with Crippen molar-refractivity contribution in [2.24, 2.45) is 5.92 Å². The Bertz CT molecular complexity index is 351. The van der Waals surface area contributed by atoms with Crippen LogP contribution >= 0.6 is 0 Å². The molecule has 1 aromatic rings. The third kappa shape index (κ3) is 5.75. The molecule has 2 heteroatoms. The number of aliphatic hydroxyl groups excluding tert-OH is 1. The Morgan fingerprint density at radius 2 is 2.05 bits per heavy atom. The van der Waals surface area contributed by atoms with Crippen LogP contribution in [0.5, 0.6) is 0 Å². The Morgan fingerprint density at radius 3 is 2.68 bits per heavy atom. The molecule has 0 amide bonds. The zero-order chi connectivity index (χ0) is 14.1. The van der Waals surface area contributed by atoms with E-state index in [1.54, 1.807) is 0 Å². The molecule has 108 valence electrons. The Balaban J connectivity index is 2.46. The van der Waals surface area contributed by atoms with Crippen LogP contribution in [0.1, 0.15) is 63.6 Å². The van der Waals surface area contributed by atoms with Gasteiger partial charge in [0.05, 0.1) is 6.61 Å². The number of unbranched alkanes of at least 4 members (excludes halogenated alkanes) is 1. The molecule has 0 fully saturated rings. The highest BCUT2D eigenvalue weighted by Crippen LogP contribution is 2.17. The Labute approximate surface area is 118 Å². The number of hydrogen-bond donors (Lipinski definition) is 2. The van der Waals surface area contributed by atoms with Crippen LogP contribution in [0.25, 0.3) is 0 Å². The lowest BCUT2D eigenvalue weighted by Gasteiger charge is -2.20. The minimum absolute atomic E-state index is 0.120. The maximum atomic E-state index is 9.18. The number of benzene rings is 1. The molecule has 2 nitrogen and oxygen atoms in total. The van der Waals surface area contributed by atoms with E-state index in [2.05, 4.69) is 38.2 Å². The van der Waals surface area contributed by atoms with E-state index in [-0.39, 0.29) is 6.61 Å². The summed E-state index contributed by atoms with van der Waals surface area (Å²) >= 11 is 0. The molecule has 0 bridgehead atoms. The van der Waals surface area contributed by atoms with E-state index in [1.165, 1.54) is 31.2 Å². The van der Waals surface area contributed by atoms with Gasteiger partial charge in [0.1, 0.15) is 0 Å². The van der Waals surface area contributed by atoms with Gasteiger partial charge in [0, 0.05) is 6.04 Å². The molecule has 0 aliphatic carbocycles. The fraction of sp³-hybridized carbons (Fsp3) is 0.647. The van der Waals surface area contributed by atoms with Gasteiger partial charge in [-0.05, 0) is 36.9 Å². The summed E-state index contributed by atoms with van der Waals surface area (Å²) in [6, 6.07) is 8.55. The molecule has 2 atom stereocenters. The van der Waals surface area contributed by atoms with Gasteiger partial charge in [0.25, 0.3) is 0 Å². The van der Waals surface area contributed by atoms with Crippen molar-refractivity contribution in [2.45, 2.75) is 59.1 Å². The summed E-state index contributed by atoms with van der Waals surface area (Å²) in [6.45, 7) is 7.93. The second kappa shape index (κ2) is 9.11. The van der Waals surface area contributed by atoms with Gasteiger partial charge in [-0.25, -0.2) is 0 Å². The Kier molecular flexibility index (Phi) is 7.76. The van der Waals surface area contributed by atoms with E-state index in [9.17, 15) is 5.11 Å². The third-order valence-corrected chi connectivity index (χ3v) is 3.89. The number of aliphatic hydroxyl groups is 1. The van der Waals surface area contributed by atoms with Crippen molar-refractivity contribution >= 4 is 0 Å². The predicted octanol–water partition coefficient (Wildman–Crippen LogP) is 4.05. The number of rotatable bonds is 9. The fourth-order valence-corrected chi connectivity index (χ4v) is 2.37. The average molecular weight is 263 g/mol. The van der Waals surface area contributed by atoms with Crippen LogP contribution in [0.2, 0.25) is 0 Å². The highest BCUT2D eigenvalue weighted by Gasteiger charge is 2.09. The standard InChI is InChI=1S/C17H29NO/c1-4-6-8-15(5-2)12-18-14(3)17-10-7-9-16(11-17)13-19/h7,9-11,14-15,18-19H,4-6,8,12-13H2,1-3H3/t14-,15-/m1/s1. The molecular formula is C17H29NO. The highest BCUT2D eigenvalue weighted by atomic mass is 16.3. The van der Waals surface area contributed by atoms with Gasteiger partial charge in [0.2, 0.25) is 0 Å². The minimum Gasteiger partial charge on any atom is -0.392 e. The zero-order valence-corrected chi connectivity index (χ0v) is 12.7. The van der Waals surface area contributed by atoms with Crippen molar-refractivity contribution in [2.75, 3.05) is 6.54 Å². The van der Waals surface area contributed by atoms with Crippen molar-refractivity contribution in [1.82, 2.24) is 5.32 Å². The summed E-state index contributed by atoms with van der Waals surface area (Å²) in [5, 5.41) is 12.8. The van der Waals surface area contributed by atoms with Crippen molar-refractivity contribution in [3.8, 4) is 0 Å². The van der Waals surface area contributed by atoms with Crippen LogP contribution in [-0.2, 0) is 6.61 Å². The Morgan fingerprint density at radius 1 is 1.26 bits per heavy atom. The summed E-state index contributed by atoms with van der Waals surface area (Å²) in [6.07, 6.45) is 5.18. The summed E-state index contributed by atoms with van der Waals surface area (Å²) in [7, 11) is 0. The molecule has 2 N–H and O–H groups in total. The summed E-state index contributed by atoms with van der Waals surface area (Å²) in [5.41, 5.74) is 2.25. The fourth-order valence-electron chi connectivity index (χ4n) is 2.37. The van der Waals surface area contributed by atoms with Crippen molar-refractivity contribution in [3.63, 3.8) is 0 Å². The molecular weight excluding hydrogens is 234 g/mol. The predicted molar refractivity (Wildman–Crippen MR) is 82.1 cm³/mol. The van der Waals surface area contributed by atoms with E-state index < -0.39 is 0 Å². The largest absolute Gasteiger partial charge is 0.392 e. The molecule has 0 heterocycles. The number of nitrogens with one attached hydrogen (secondary N) is 1. The molecule has 0 aliphatic rings. The minimum atomic E-state index is 0.120. The first kappa shape index (κ1) is 16.2. The monoisotopic (exact) mass is 263 g/mol. The van der Waals surface area contributed by atoms with Gasteiger partial charge in [-0.15, -0.1) is 0 Å². The van der Waals surface area contributed by atoms with E-state index in [0.717, 1.165) is 18.0 Å². The zero-order valence-electron chi connectivity index (χ0n) is 12.7. The van der Waals surface area contributed by atoms with Gasteiger partial charge in [0.15, 0.2) is 0 Å². The van der Waals surface area contributed by atoms with Gasteiger partial charge in [-0.1, -0.05) is 57.4 Å². The van der Waals surface area contributed by atoms with E-state index >= 15 is 0 Å². The molecule has 0 saturated heterocycles. The molecule has 0 saturated carbocycles. The first-order valence-corrected chi connectivity index (χ1v) is 7.64. The SMILES string of the molecule is CCCC[C@@H](CC)CN[C@H](C)c1cccc(CO)c1. The van der Waals surface area contributed by atoms with Crippen LogP contribution in [0.3, 0.4) is 0 Å². The van der Waals surface area contributed by atoms with Crippen LogP contribution in [0.15, 0.2) is 24.3 Å². The molecule has 0 spiro atoms. The van der Waals surface area contributed by atoms with Crippen LogP contribution < -0.4 is 5.32 Å². The topological polar surface area (TPSA) is 32.3 Å². The van der Waals surface area contributed by atoms with Gasteiger partial charge < -0.3 is 10.4 Å². The first-order valence-electron chi connectivity index (χ1n) is 7.64. The molecule has 0 unspecified atom stereocenters. The normalized spacial score (nSPS) is 14.3. The van der Waals surface area contributed by atoms with Gasteiger partial charge in [-0.2, -0.15) is 0 Å².